The predicted molar refractivity (Wildman–Crippen MR) is 116 cm³/mol. The summed E-state index contributed by atoms with van der Waals surface area (Å²) in [6.07, 6.45) is 1.78. The molecule has 0 saturated heterocycles. The molecule has 2 aromatic carbocycles. The van der Waals surface area contributed by atoms with Gasteiger partial charge < -0.3 is 5.73 Å². The fourth-order valence-corrected chi connectivity index (χ4v) is 3.74. The van der Waals surface area contributed by atoms with Gasteiger partial charge in [-0.05, 0) is 5.56 Å². The zero-order valence-corrected chi connectivity index (χ0v) is 16.8. The molecule has 7 nitrogen and oxygen atoms in total. The third-order valence-electron chi connectivity index (χ3n) is 4.37. The maximum Gasteiger partial charge on any atom is 0.261 e. The summed E-state index contributed by atoms with van der Waals surface area (Å²) in [5.41, 5.74) is 8.72. The van der Waals surface area contributed by atoms with E-state index in [0.717, 1.165) is 11.1 Å². The van der Waals surface area contributed by atoms with Crippen molar-refractivity contribution in [2.45, 2.75) is 13.0 Å². The molecule has 8 heteroatoms. The largest absolute Gasteiger partial charge is 0.369 e. The van der Waals surface area contributed by atoms with Crippen LogP contribution in [-0.2, 0) is 17.8 Å². The molecule has 0 aliphatic heterocycles. The lowest BCUT2D eigenvalue weighted by molar-refractivity contribution is -0.117. The van der Waals surface area contributed by atoms with E-state index in [4.69, 9.17) is 5.73 Å². The fourth-order valence-electron chi connectivity index (χ4n) is 3.04. The van der Waals surface area contributed by atoms with Crippen LogP contribution >= 0.6 is 11.3 Å². The Hall–Kier alpha value is -3.78. The average molecular weight is 417 g/mol. The summed E-state index contributed by atoms with van der Waals surface area (Å²) >= 11 is 1.25. The Bertz CT molecular complexity index is 1170. The van der Waals surface area contributed by atoms with Gasteiger partial charge in [0.15, 0.2) is 5.13 Å². The zero-order chi connectivity index (χ0) is 20.9. The van der Waals surface area contributed by atoms with Gasteiger partial charge in [-0.25, -0.2) is 4.98 Å². The first kappa shape index (κ1) is 19.5. The number of amides is 2. The normalized spacial score (nSPS) is 10.7. The number of hydrogen-bond donors (Lipinski definition) is 2. The van der Waals surface area contributed by atoms with Gasteiger partial charge in [0.25, 0.3) is 5.91 Å². The molecule has 2 aromatic heterocycles. The molecular weight excluding hydrogens is 398 g/mol. The minimum Gasteiger partial charge on any atom is -0.369 e. The minimum absolute atomic E-state index is 0.0383. The lowest BCUT2D eigenvalue weighted by Gasteiger charge is -2.02. The van der Waals surface area contributed by atoms with Crippen molar-refractivity contribution < 1.29 is 9.59 Å². The molecule has 0 atom stereocenters. The first-order chi connectivity index (χ1) is 14.6. The van der Waals surface area contributed by atoms with Gasteiger partial charge in [-0.3, -0.25) is 19.6 Å². The van der Waals surface area contributed by atoms with E-state index < -0.39 is 5.91 Å². The third-order valence-corrected chi connectivity index (χ3v) is 5.18. The number of carbonyl (C=O) groups is 2. The molecule has 30 heavy (non-hydrogen) atoms. The van der Waals surface area contributed by atoms with E-state index in [1.807, 2.05) is 60.7 Å². The molecule has 0 aliphatic rings. The van der Waals surface area contributed by atoms with E-state index in [1.165, 1.54) is 11.3 Å². The Labute approximate surface area is 177 Å². The Morgan fingerprint density at radius 1 is 1.03 bits per heavy atom. The number of carbonyl (C=O) groups excluding carboxylic acids is 2. The van der Waals surface area contributed by atoms with Crippen LogP contribution in [0, 0.1) is 0 Å². The summed E-state index contributed by atoms with van der Waals surface area (Å²) in [5.74, 6) is -0.778. The van der Waals surface area contributed by atoms with Crippen LogP contribution in [-0.4, -0.2) is 26.6 Å². The highest BCUT2D eigenvalue weighted by atomic mass is 32.1. The Balaban J connectivity index is 1.62. The SMILES string of the molecule is NC(=O)Cc1csc(NC(=O)c2cn(Cc3ccccc3)nc2-c2ccccc2)n1. The van der Waals surface area contributed by atoms with Gasteiger partial charge >= 0.3 is 0 Å². The average Bonchev–Trinajstić information content (AvgIpc) is 3.36. The molecule has 4 aromatic rings. The van der Waals surface area contributed by atoms with E-state index in [9.17, 15) is 9.59 Å². The molecule has 0 spiro atoms. The highest BCUT2D eigenvalue weighted by Crippen LogP contribution is 2.24. The summed E-state index contributed by atoms with van der Waals surface area (Å²) in [7, 11) is 0. The second kappa shape index (κ2) is 8.71. The van der Waals surface area contributed by atoms with Crippen molar-refractivity contribution in [3.63, 3.8) is 0 Å². The molecule has 0 unspecified atom stereocenters. The van der Waals surface area contributed by atoms with Crippen molar-refractivity contribution in [3.8, 4) is 11.3 Å². The molecular formula is C22H19N5O2S. The molecule has 3 N–H and O–H groups in total. The number of primary amides is 1. The van der Waals surface area contributed by atoms with Crippen LogP contribution in [0.2, 0.25) is 0 Å². The molecule has 2 heterocycles. The van der Waals surface area contributed by atoms with Crippen LogP contribution in [0.4, 0.5) is 5.13 Å². The molecule has 0 radical (unpaired) electrons. The quantitative estimate of drug-likeness (QED) is 0.481. The molecule has 4 rings (SSSR count). The number of anilines is 1. The Kier molecular flexibility index (Phi) is 5.67. The first-order valence-electron chi connectivity index (χ1n) is 9.29. The lowest BCUT2D eigenvalue weighted by atomic mass is 10.1. The highest BCUT2D eigenvalue weighted by Gasteiger charge is 2.19. The van der Waals surface area contributed by atoms with Gasteiger partial charge in [-0.1, -0.05) is 60.7 Å². The fraction of sp³-hybridized carbons (Fsp3) is 0.0909. The smallest absolute Gasteiger partial charge is 0.261 e. The summed E-state index contributed by atoms with van der Waals surface area (Å²) in [4.78, 5) is 28.3. The predicted octanol–water partition coefficient (Wildman–Crippen LogP) is 3.34. The maximum absolute atomic E-state index is 13.0. The second-order valence-corrected chi connectivity index (χ2v) is 7.54. The van der Waals surface area contributed by atoms with Crippen LogP contribution in [0.3, 0.4) is 0 Å². The van der Waals surface area contributed by atoms with Crippen molar-refractivity contribution in [2.24, 2.45) is 5.73 Å². The lowest BCUT2D eigenvalue weighted by Crippen LogP contribution is -2.14. The summed E-state index contributed by atoms with van der Waals surface area (Å²) in [6.45, 7) is 0.550. The number of hydrogen-bond acceptors (Lipinski definition) is 5. The standard InChI is InChI=1S/C22H19N5O2S/c23-19(28)11-17-14-30-22(24-17)25-21(29)18-13-27(12-15-7-3-1-4-8-15)26-20(18)16-9-5-2-6-10-16/h1-10,13-14H,11-12H2,(H2,23,28)(H,24,25,29). The van der Waals surface area contributed by atoms with Crippen molar-refractivity contribution >= 4 is 28.3 Å². The monoisotopic (exact) mass is 417 g/mol. The topological polar surface area (TPSA) is 103 Å². The molecule has 2 amide bonds. The van der Waals surface area contributed by atoms with Crippen molar-refractivity contribution in [3.05, 3.63) is 89.1 Å². The number of aromatic nitrogens is 3. The summed E-state index contributed by atoms with van der Waals surface area (Å²) < 4.78 is 1.76. The Morgan fingerprint density at radius 2 is 1.73 bits per heavy atom. The van der Waals surface area contributed by atoms with Gasteiger partial charge in [0, 0.05) is 17.1 Å². The number of nitrogens with zero attached hydrogens (tertiary/aromatic N) is 3. The highest BCUT2D eigenvalue weighted by molar-refractivity contribution is 7.14. The van der Waals surface area contributed by atoms with Crippen molar-refractivity contribution in [2.75, 3.05) is 5.32 Å². The van der Waals surface area contributed by atoms with Gasteiger partial charge in [-0.15, -0.1) is 11.3 Å². The first-order valence-corrected chi connectivity index (χ1v) is 10.2. The number of benzene rings is 2. The maximum atomic E-state index is 13.0. The van der Waals surface area contributed by atoms with Gasteiger partial charge in [0.1, 0.15) is 5.69 Å². The van der Waals surface area contributed by atoms with Crippen LogP contribution in [0.1, 0.15) is 21.6 Å². The van der Waals surface area contributed by atoms with Crippen LogP contribution < -0.4 is 11.1 Å². The van der Waals surface area contributed by atoms with E-state index in [-0.39, 0.29) is 12.3 Å². The zero-order valence-electron chi connectivity index (χ0n) is 16.0. The number of thiazole rings is 1. The van der Waals surface area contributed by atoms with E-state index in [0.29, 0.717) is 28.6 Å². The number of rotatable bonds is 7. The minimum atomic E-state index is -0.466. The Morgan fingerprint density at radius 3 is 2.43 bits per heavy atom. The molecule has 0 bridgehead atoms. The van der Waals surface area contributed by atoms with Gasteiger partial charge in [0.2, 0.25) is 5.91 Å². The van der Waals surface area contributed by atoms with Gasteiger partial charge in [-0.2, -0.15) is 5.10 Å². The van der Waals surface area contributed by atoms with Gasteiger partial charge in [0.05, 0.1) is 24.2 Å². The van der Waals surface area contributed by atoms with Crippen LogP contribution in [0.15, 0.2) is 72.2 Å². The van der Waals surface area contributed by atoms with Crippen molar-refractivity contribution in [1.82, 2.24) is 14.8 Å². The van der Waals surface area contributed by atoms with E-state index in [1.54, 1.807) is 16.3 Å². The molecule has 0 aliphatic carbocycles. The second-order valence-electron chi connectivity index (χ2n) is 6.68. The molecule has 0 saturated carbocycles. The molecule has 0 fully saturated rings. The summed E-state index contributed by atoms with van der Waals surface area (Å²) in [5, 5.41) is 9.58. The van der Waals surface area contributed by atoms with Crippen LogP contribution in [0.5, 0.6) is 0 Å². The number of nitrogens with two attached hydrogens (primary N) is 1. The summed E-state index contributed by atoms with van der Waals surface area (Å²) in [6, 6.07) is 19.5. The molecule has 150 valence electrons. The van der Waals surface area contributed by atoms with Crippen molar-refractivity contribution in [1.29, 1.82) is 0 Å². The van der Waals surface area contributed by atoms with Crippen LogP contribution in [0.25, 0.3) is 11.3 Å². The third kappa shape index (κ3) is 4.61. The number of nitrogens with one attached hydrogen (secondary N) is 1. The van der Waals surface area contributed by atoms with E-state index in [2.05, 4.69) is 15.4 Å². The van der Waals surface area contributed by atoms with E-state index >= 15 is 0 Å².